The summed E-state index contributed by atoms with van der Waals surface area (Å²) in [6.07, 6.45) is 0. The van der Waals surface area contributed by atoms with Gasteiger partial charge in [-0.15, -0.1) is 0 Å². The van der Waals surface area contributed by atoms with Crippen LogP contribution in [0.25, 0.3) is 11.3 Å². The summed E-state index contributed by atoms with van der Waals surface area (Å²) in [5.74, 6) is -0.516. The van der Waals surface area contributed by atoms with Gasteiger partial charge in [0.1, 0.15) is 40.3 Å². The molecule has 2 aromatic rings. The molecule has 6 rings (SSSR count). The molecule has 0 saturated carbocycles. The highest BCUT2D eigenvalue weighted by atomic mass is 35.5. The minimum Gasteiger partial charge on any atom is -0.507 e. The van der Waals surface area contributed by atoms with Gasteiger partial charge in [-0.2, -0.15) is 0 Å². The summed E-state index contributed by atoms with van der Waals surface area (Å²) in [6.45, 7) is 7.83. The number of piperazine rings is 2. The van der Waals surface area contributed by atoms with Crippen molar-refractivity contribution in [3.05, 3.63) is 34.6 Å². The Morgan fingerprint density at radius 1 is 1.14 bits per heavy atom. The summed E-state index contributed by atoms with van der Waals surface area (Å²) in [5, 5.41) is 13.9. The van der Waals surface area contributed by atoms with Gasteiger partial charge in [-0.1, -0.05) is 17.7 Å². The monoisotopic (exact) mass is 517 g/mol. The number of aromatic nitrogens is 1. The molecule has 9 nitrogen and oxygen atoms in total. The van der Waals surface area contributed by atoms with Crippen LogP contribution in [0.1, 0.15) is 17.3 Å². The fourth-order valence-corrected chi connectivity index (χ4v) is 5.83. The number of phenolic OH excluding ortho intramolecular Hbond substituents is 1. The lowest BCUT2D eigenvalue weighted by Crippen LogP contribution is -2.60. The van der Waals surface area contributed by atoms with Crippen molar-refractivity contribution < 1.29 is 23.8 Å². The van der Waals surface area contributed by atoms with E-state index in [9.17, 15) is 14.3 Å². The maximum atomic E-state index is 15.0. The molecule has 1 aromatic carbocycles. The van der Waals surface area contributed by atoms with E-state index in [1.165, 1.54) is 18.2 Å². The number of hydrogen-bond donors (Lipinski definition) is 2. The number of anilines is 1. The highest BCUT2D eigenvalue weighted by molar-refractivity contribution is 6.35. The highest BCUT2D eigenvalue weighted by Gasteiger charge is 2.41. The molecule has 0 spiro atoms. The van der Waals surface area contributed by atoms with Gasteiger partial charge in [0, 0.05) is 45.3 Å². The second-order valence-electron chi connectivity index (χ2n) is 9.83. The number of hydrogen-bond acceptors (Lipinski definition) is 8. The molecule has 0 aliphatic carbocycles. The zero-order valence-corrected chi connectivity index (χ0v) is 20.8. The number of rotatable bonds is 3. The van der Waals surface area contributed by atoms with E-state index in [-0.39, 0.29) is 52.4 Å². The Bertz CT molecular complexity index is 1180. The largest absolute Gasteiger partial charge is 0.507 e. The van der Waals surface area contributed by atoms with E-state index in [0.29, 0.717) is 43.6 Å². The summed E-state index contributed by atoms with van der Waals surface area (Å²) < 4.78 is 26.5. The average molecular weight is 518 g/mol. The first kappa shape index (κ1) is 23.7. The first-order chi connectivity index (χ1) is 17.4. The van der Waals surface area contributed by atoms with Gasteiger partial charge in [0.2, 0.25) is 0 Å². The Morgan fingerprint density at radius 2 is 1.97 bits per heavy atom. The van der Waals surface area contributed by atoms with Crippen LogP contribution in [-0.2, 0) is 4.74 Å². The van der Waals surface area contributed by atoms with Gasteiger partial charge >= 0.3 is 0 Å². The lowest BCUT2D eigenvalue weighted by Gasteiger charge is -2.46. The third-order valence-electron chi connectivity index (χ3n) is 7.62. The molecule has 36 heavy (non-hydrogen) atoms. The van der Waals surface area contributed by atoms with Crippen molar-refractivity contribution in [3.63, 3.8) is 0 Å². The Labute approximate surface area is 213 Å². The minimum absolute atomic E-state index is 0.0215. The summed E-state index contributed by atoms with van der Waals surface area (Å²) in [6, 6.07) is 4.33. The standard InChI is InChI=1S/C25H29ClFN5O4/c1-14-10-30(16-11-35-12-16)7-8-31(14)24-20-23(36-13-15-9-28-5-6-32(15)25(20)34)21(26)22(29-24)19-17(27)3-2-4-18(19)33/h2-4,14-16,28,33H,5-13H2,1H3/t14?,15-/m1/s1. The molecule has 192 valence electrons. The van der Waals surface area contributed by atoms with Gasteiger partial charge < -0.3 is 29.7 Å². The summed E-state index contributed by atoms with van der Waals surface area (Å²) in [4.78, 5) is 25.0. The van der Waals surface area contributed by atoms with Gasteiger partial charge in [-0.25, -0.2) is 9.37 Å². The SMILES string of the molecule is CC1CN(C2COC2)CCN1c1nc(-c2c(O)cccc2F)c(Cl)c2c1C(=O)N1CCNC[C@@H]1CO2. The second kappa shape index (κ2) is 9.33. The lowest BCUT2D eigenvalue weighted by atomic mass is 10.0. The van der Waals surface area contributed by atoms with Gasteiger partial charge in [-0.3, -0.25) is 9.69 Å². The molecule has 4 aliphatic rings. The van der Waals surface area contributed by atoms with E-state index in [1.807, 2.05) is 4.90 Å². The minimum atomic E-state index is -0.653. The lowest BCUT2D eigenvalue weighted by molar-refractivity contribution is -0.0692. The number of carbonyl (C=O) groups is 1. The molecule has 1 unspecified atom stereocenters. The predicted molar refractivity (Wildman–Crippen MR) is 132 cm³/mol. The van der Waals surface area contributed by atoms with Gasteiger partial charge in [0.05, 0.1) is 30.9 Å². The molecule has 1 aromatic heterocycles. The second-order valence-corrected chi connectivity index (χ2v) is 10.2. The fourth-order valence-electron chi connectivity index (χ4n) is 5.55. The third-order valence-corrected chi connectivity index (χ3v) is 7.97. The van der Waals surface area contributed by atoms with Crippen molar-refractivity contribution in [3.8, 4) is 22.8 Å². The molecule has 2 N–H and O–H groups in total. The van der Waals surface area contributed by atoms with Crippen LogP contribution in [-0.4, -0.2) is 103 Å². The zero-order valence-electron chi connectivity index (χ0n) is 20.0. The van der Waals surface area contributed by atoms with Crippen LogP contribution in [0.2, 0.25) is 5.02 Å². The van der Waals surface area contributed by atoms with Crippen molar-refractivity contribution in [1.29, 1.82) is 0 Å². The number of ether oxygens (including phenoxy) is 2. The Hall–Kier alpha value is -2.66. The quantitative estimate of drug-likeness (QED) is 0.639. The summed E-state index contributed by atoms with van der Waals surface area (Å²) >= 11 is 6.79. The molecule has 11 heteroatoms. The van der Waals surface area contributed by atoms with Crippen LogP contribution < -0.4 is 15.0 Å². The Kier molecular flexibility index (Phi) is 6.15. The number of nitrogens with zero attached hydrogens (tertiary/aromatic N) is 4. The van der Waals surface area contributed by atoms with Crippen molar-refractivity contribution >= 4 is 23.3 Å². The number of pyridine rings is 1. The molecule has 2 atom stereocenters. The van der Waals surface area contributed by atoms with Crippen molar-refractivity contribution in [2.45, 2.75) is 25.0 Å². The topological polar surface area (TPSA) is 90.4 Å². The van der Waals surface area contributed by atoms with E-state index in [1.54, 1.807) is 0 Å². The van der Waals surface area contributed by atoms with Crippen LogP contribution in [0.15, 0.2) is 18.2 Å². The maximum absolute atomic E-state index is 15.0. The molecule has 3 fully saturated rings. The summed E-state index contributed by atoms with van der Waals surface area (Å²) in [7, 11) is 0. The van der Waals surface area contributed by atoms with Crippen LogP contribution in [0, 0.1) is 5.82 Å². The first-order valence-electron chi connectivity index (χ1n) is 12.4. The average Bonchev–Trinajstić information content (AvgIpc) is 2.97. The highest BCUT2D eigenvalue weighted by Crippen LogP contribution is 2.46. The molecule has 1 amide bonds. The molecule has 3 saturated heterocycles. The van der Waals surface area contributed by atoms with E-state index in [4.69, 9.17) is 26.1 Å². The maximum Gasteiger partial charge on any atom is 0.261 e. The number of amides is 1. The molecule has 0 bridgehead atoms. The third kappa shape index (κ3) is 3.87. The van der Waals surface area contributed by atoms with Gasteiger partial charge in [-0.05, 0) is 19.1 Å². The molecule has 4 aliphatic heterocycles. The van der Waals surface area contributed by atoms with Crippen LogP contribution in [0.5, 0.6) is 11.5 Å². The number of fused-ring (bicyclic) bond motifs is 2. The molecule has 0 radical (unpaired) electrons. The number of benzene rings is 1. The Morgan fingerprint density at radius 3 is 2.69 bits per heavy atom. The smallest absolute Gasteiger partial charge is 0.261 e. The number of aromatic hydroxyl groups is 1. The number of halogens is 2. The van der Waals surface area contributed by atoms with E-state index < -0.39 is 5.82 Å². The zero-order chi connectivity index (χ0) is 25.0. The van der Waals surface area contributed by atoms with Crippen LogP contribution in [0.3, 0.4) is 0 Å². The molecular formula is C25H29ClFN5O4. The molecular weight excluding hydrogens is 489 g/mol. The predicted octanol–water partition coefficient (Wildman–Crippen LogP) is 1.96. The molecule has 5 heterocycles. The normalized spacial score (nSPS) is 25.0. The first-order valence-corrected chi connectivity index (χ1v) is 12.8. The van der Waals surface area contributed by atoms with Gasteiger partial charge in [0.25, 0.3) is 5.91 Å². The summed E-state index contributed by atoms with van der Waals surface area (Å²) in [5.41, 5.74) is 0.259. The van der Waals surface area contributed by atoms with Crippen molar-refractivity contribution in [2.75, 3.05) is 64.0 Å². The van der Waals surface area contributed by atoms with Gasteiger partial charge in [0.15, 0.2) is 5.75 Å². The fraction of sp³-hybridized carbons (Fsp3) is 0.520. The van der Waals surface area contributed by atoms with Crippen molar-refractivity contribution in [1.82, 2.24) is 20.1 Å². The van der Waals surface area contributed by atoms with Crippen molar-refractivity contribution in [2.24, 2.45) is 0 Å². The Balaban J connectivity index is 1.49. The van der Waals surface area contributed by atoms with E-state index in [2.05, 4.69) is 22.0 Å². The number of nitrogens with one attached hydrogen (secondary N) is 1. The van der Waals surface area contributed by atoms with Crippen LogP contribution in [0.4, 0.5) is 10.2 Å². The number of phenols is 1. The van der Waals surface area contributed by atoms with E-state index in [0.717, 1.165) is 26.3 Å². The van der Waals surface area contributed by atoms with Crippen LogP contribution >= 0.6 is 11.6 Å². The van der Waals surface area contributed by atoms with E-state index >= 15 is 0 Å². The number of carbonyl (C=O) groups excluding carboxylic acids is 1.